The van der Waals surface area contributed by atoms with E-state index in [0.717, 1.165) is 36.2 Å². The molecule has 2 aliphatic heterocycles. The monoisotopic (exact) mass is 422 g/mol. The number of aryl methyl sites for hydroxylation is 1. The third-order valence-electron chi connectivity index (χ3n) is 5.49. The van der Waals surface area contributed by atoms with Gasteiger partial charge in [0.2, 0.25) is 15.9 Å². The Morgan fingerprint density at radius 2 is 1.77 bits per heavy atom. The van der Waals surface area contributed by atoms with Gasteiger partial charge in [-0.2, -0.15) is 14.1 Å². The lowest BCUT2D eigenvalue weighted by Gasteiger charge is -2.26. The van der Waals surface area contributed by atoms with Gasteiger partial charge in [0.05, 0.1) is 21.8 Å². The van der Waals surface area contributed by atoms with Crippen LogP contribution >= 0.6 is 0 Å². The van der Waals surface area contributed by atoms with Gasteiger partial charge in [0.25, 0.3) is 0 Å². The van der Waals surface area contributed by atoms with E-state index in [1.807, 2.05) is 37.3 Å². The van der Waals surface area contributed by atoms with Crippen molar-refractivity contribution in [1.82, 2.24) is 14.1 Å². The summed E-state index contributed by atoms with van der Waals surface area (Å²) in [4.78, 5) is 4.78. The van der Waals surface area contributed by atoms with Crippen molar-refractivity contribution in [2.24, 2.45) is 4.99 Å². The molecule has 3 heterocycles. The van der Waals surface area contributed by atoms with Crippen molar-refractivity contribution in [3.05, 3.63) is 59.8 Å². The highest BCUT2D eigenvalue weighted by Crippen LogP contribution is 2.39. The number of rotatable bonds is 3. The number of benzene rings is 2. The summed E-state index contributed by atoms with van der Waals surface area (Å²) < 4.78 is 35.6. The maximum Gasteiger partial charge on any atom is 0.243 e. The molecule has 1 aromatic heterocycles. The molecule has 0 bridgehead atoms. The second kappa shape index (κ2) is 7.37. The highest BCUT2D eigenvalue weighted by Gasteiger charge is 2.28. The fourth-order valence-corrected chi connectivity index (χ4v) is 5.38. The molecule has 0 N–H and O–H groups in total. The molecule has 1 saturated heterocycles. The van der Waals surface area contributed by atoms with E-state index in [9.17, 15) is 8.42 Å². The van der Waals surface area contributed by atoms with E-state index < -0.39 is 10.0 Å². The quantitative estimate of drug-likeness (QED) is 0.496. The number of aromatic nitrogens is 2. The fourth-order valence-electron chi connectivity index (χ4n) is 3.85. The van der Waals surface area contributed by atoms with Crippen LogP contribution in [-0.4, -0.2) is 41.8 Å². The number of piperidine rings is 1. The molecule has 1 fully saturated rings. The molecule has 0 atom stereocenters. The molecule has 3 aromatic rings. The zero-order valence-electron chi connectivity index (χ0n) is 16.7. The minimum absolute atomic E-state index is 0.247. The molecule has 0 radical (unpaired) electrons. The van der Waals surface area contributed by atoms with E-state index in [0.29, 0.717) is 30.4 Å². The largest absolute Gasteiger partial charge is 0.436 e. The van der Waals surface area contributed by atoms with Gasteiger partial charge in [-0.1, -0.05) is 24.6 Å². The molecule has 2 aromatic carbocycles. The van der Waals surface area contributed by atoms with Crippen LogP contribution in [0.5, 0.6) is 11.6 Å². The van der Waals surface area contributed by atoms with E-state index >= 15 is 0 Å². The minimum Gasteiger partial charge on any atom is -0.436 e. The molecule has 7 nitrogen and oxygen atoms in total. The summed E-state index contributed by atoms with van der Waals surface area (Å²) in [5.74, 6) is 1.06. The average molecular weight is 423 g/mol. The van der Waals surface area contributed by atoms with Crippen LogP contribution in [0.2, 0.25) is 0 Å². The van der Waals surface area contributed by atoms with Crippen LogP contribution in [0.3, 0.4) is 0 Å². The minimum atomic E-state index is -3.53. The third-order valence-corrected chi connectivity index (χ3v) is 7.38. The molecule has 0 aliphatic carbocycles. The molecule has 0 spiro atoms. The average Bonchev–Trinajstić information content (AvgIpc) is 2.96. The zero-order valence-corrected chi connectivity index (χ0v) is 17.5. The fraction of sp³-hybridized carbons (Fsp3) is 0.273. The van der Waals surface area contributed by atoms with Crippen LogP contribution < -0.4 is 4.74 Å². The Morgan fingerprint density at radius 1 is 1.00 bits per heavy atom. The highest BCUT2D eigenvalue weighted by atomic mass is 32.2. The first kappa shape index (κ1) is 19.0. The number of hydrogen-bond acceptors (Lipinski definition) is 5. The predicted octanol–water partition coefficient (Wildman–Crippen LogP) is 4.21. The second-order valence-electron chi connectivity index (χ2n) is 7.51. The first-order chi connectivity index (χ1) is 14.5. The first-order valence-corrected chi connectivity index (χ1v) is 11.5. The van der Waals surface area contributed by atoms with E-state index in [1.54, 1.807) is 33.4 Å². The van der Waals surface area contributed by atoms with E-state index in [-0.39, 0.29) is 4.90 Å². The van der Waals surface area contributed by atoms with Gasteiger partial charge in [0, 0.05) is 19.3 Å². The Labute approximate surface area is 175 Å². The first-order valence-electron chi connectivity index (χ1n) is 10.1. The van der Waals surface area contributed by atoms with Gasteiger partial charge in [-0.25, -0.2) is 8.42 Å². The Morgan fingerprint density at radius 3 is 2.53 bits per heavy atom. The van der Waals surface area contributed by atoms with Crippen molar-refractivity contribution in [2.45, 2.75) is 31.1 Å². The van der Waals surface area contributed by atoms with Gasteiger partial charge >= 0.3 is 0 Å². The SMILES string of the molecule is Cc1nn(-c2ccccc2)c2c1C=Nc1cc(S(=O)(=O)N3CCCCC3)ccc1O2. The number of hydrogen-bond donors (Lipinski definition) is 0. The van der Waals surface area contributed by atoms with Crippen molar-refractivity contribution in [3.63, 3.8) is 0 Å². The summed E-state index contributed by atoms with van der Waals surface area (Å²) in [6.45, 7) is 3.03. The molecule has 154 valence electrons. The van der Waals surface area contributed by atoms with Crippen LogP contribution in [0.1, 0.15) is 30.5 Å². The van der Waals surface area contributed by atoms with Crippen molar-refractivity contribution in [2.75, 3.05) is 13.1 Å². The zero-order chi connectivity index (χ0) is 20.7. The highest BCUT2D eigenvalue weighted by molar-refractivity contribution is 7.89. The molecule has 0 unspecified atom stereocenters. The molecule has 5 rings (SSSR count). The lowest BCUT2D eigenvalue weighted by Crippen LogP contribution is -2.35. The molecule has 0 amide bonds. The predicted molar refractivity (Wildman–Crippen MR) is 115 cm³/mol. The number of fused-ring (bicyclic) bond motifs is 2. The van der Waals surface area contributed by atoms with E-state index in [4.69, 9.17) is 4.74 Å². The molecule has 8 heteroatoms. The Balaban J connectivity index is 1.54. The number of ether oxygens (including phenoxy) is 1. The van der Waals surface area contributed by atoms with Crippen molar-refractivity contribution in [3.8, 4) is 17.3 Å². The normalized spacial score (nSPS) is 16.4. The van der Waals surface area contributed by atoms with Crippen molar-refractivity contribution in [1.29, 1.82) is 0 Å². The van der Waals surface area contributed by atoms with Crippen LogP contribution in [0.25, 0.3) is 5.69 Å². The van der Waals surface area contributed by atoms with E-state index in [2.05, 4.69) is 10.1 Å². The lowest BCUT2D eigenvalue weighted by molar-refractivity contribution is 0.346. The summed E-state index contributed by atoms with van der Waals surface area (Å²) in [5.41, 5.74) is 2.92. The number of aliphatic imine (C=N–C) groups is 1. The Kier molecular flexibility index (Phi) is 4.67. The topological polar surface area (TPSA) is 76.8 Å². The number of para-hydroxylation sites is 1. The smallest absolute Gasteiger partial charge is 0.243 e. The van der Waals surface area contributed by atoms with Crippen LogP contribution in [0.15, 0.2) is 58.4 Å². The van der Waals surface area contributed by atoms with Gasteiger partial charge in [-0.05, 0) is 50.1 Å². The summed E-state index contributed by atoms with van der Waals surface area (Å²) in [7, 11) is -3.53. The molecule has 30 heavy (non-hydrogen) atoms. The second-order valence-corrected chi connectivity index (χ2v) is 9.44. The van der Waals surface area contributed by atoms with Gasteiger partial charge in [-0.3, -0.25) is 4.99 Å². The third kappa shape index (κ3) is 3.22. The van der Waals surface area contributed by atoms with Gasteiger partial charge in [0.15, 0.2) is 5.75 Å². The summed E-state index contributed by atoms with van der Waals surface area (Å²) in [6.07, 6.45) is 4.57. The van der Waals surface area contributed by atoms with Gasteiger partial charge in [-0.15, -0.1) is 0 Å². The molecular formula is C22H22N4O3S. The maximum atomic E-state index is 13.0. The van der Waals surface area contributed by atoms with Crippen LogP contribution in [0, 0.1) is 6.92 Å². The van der Waals surface area contributed by atoms with Crippen molar-refractivity contribution >= 4 is 21.9 Å². The maximum absolute atomic E-state index is 13.0. The summed E-state index contributed by atoms with van der Waals surface area (Å²) in [6, 6.07) is 14.6. The van der Waals surface area contributed by atoms with Gasteiger partial charge < -0.3 is 4.74 Å². The Bertz CT molecular complexity index is 1230. The Hall–Kier alpha value is -2.97. The molecule has 2 aliphatic rings. The van der Waals surface area contributed by atoms with Crippen LogP contribution in [-0.2, 0) is 10.0 Å². The van der Waals surface area contributed by atoms with Gasteiger partial charge in [0.1, 0.15) is 5.69 Å². The number of nitrogens with zero attached hydrogens (tertiary/aromatic N) is 4. The number of sulfonamides is 1. The summed E-state index contributed by atoms with van der Waals surface area (Å²) >= 11 is 0. The standard InChI is InChI=1S/C22H22N4O3S/c1-16-19-15-23-20-14-18(30(27,28)25-12-6-3-7-13-25)10-11-21(20)29-22(19)26(24-16)17-8-4-2-5-9-17/h2,4-5,8-11,14-15H,3,6-7,12-13H2,1H3. The molecular weight excluding hydrogens is 400 g/mol. The molecule has 0 saturated carbocycles. The lowest BCUT2D eigenvalue weighted by atomic mass is 10.2. The van der Waals surface area contributed by atoms with E-state index in [1.165, 1.54) is 0 Å². The summed E-state index contributed by atoms with van der Waals surface area (Å²) in [5, 5.41) is 4.59. The van der Waals surface area contributed by atoms with Crippen LogP contribution in [0.4, 0.5) is 5.69 Å². The van der Waals surface area contributed by atoms with Crippen molar-refractivity contribution < 1.29 is 13.2 Å².